The number of nitrogens with zero attached hydrogens (tertiary/aromatic N) is 3. The number of nitriles is 1. The predicted molar refractivity (Wildman–Crippen MR) is 90.5 cm³/mol. The van der Waals surface area contributed by atoms with Crippen LogP contribution in [-0.4, -0.2) is 31.2 Å². The first-order valence-electron chi connectivity index (χ1n) is 7.96. The van der Waals surface area contributed by atoms with E-state index in [1.807, 2.05) is 42.5 Å². The van der Waals surface area contributed by atoms with E-state index in [0.29, 0.717) is 31.6 Å². The molecule has 0 saturated carbocycles. The monoisotopic (exact) mass is 321 g/mol. The largest absolute Gasteiger partial charge is 0.468 e. The van der Waals surface area contributed by atoms with Gasteiger partial charge in [0.15, 0.2) is 0 Å². The van der Waals surface area contributed by atoms with Gasteiger partial charge in [0.1, 0.15) is 17.6 Å². The van der Waals surface area contributed by atoms with Gasteiger partial charge in [0.25, 0.3) is 0 Å². The summed E-state index contributed by atoms with van der Waals surface area (Å²) in [6.07, 6.45) is 1.31. The predicted octanol–water partition coefficient (Wildman–Crippen LogP) is 2.66. The molecule has 1 saturated heterocycles. The Labute approximate surface area is 141 Å². The number of pyridine rings is 1. The second kappa shape index (κ2) is 6.71. The van der Waals surface area contributed by atoms with Gasteiger partial charge in [0.2, 0.25) is 0 Å². The molecule has 0 aliphatic carbocycles. The summed E-state index contributed by atoms with van der Waals surface area (Å²) in [5, 5.41) is 9.00. The number of carbonyl (C=O) groups is 1. The summed E-state index contributed by atoms with van der Waals surface area (Å²) in [4.78, 5) is 19.0. The Balaban J connectivity index is 1.85. The molecule has 1 aromatic heterocycles. The summed E-state index contributed by atoms with van der Waals surface area (Å²) in [5.41, 5.74) is 0.787. The van der Waals surface area contributed by atoms with Crippen molar-refractivity contribution in [2.75, 3.05) is 25.1 Å². The van der Waals surface area contributed by atoms with Gasteiger partial charge >= 0.3 is 5.97 Å². The highest BCUT2D eigenvalue weighted by Gasteiger charge is 2.44. The van der Waals surface area contributed by atoms with Gasteiger partial charge in [-0.3, -0.25) is 4.79 Å². The number of aromatic nitrogens is 1. The number of methoxy groups -OCH3 is 1. The van der Waals surface area contributed by atoms with Crippen molar-refractivity contribution in [1.82, 2.24) is 4.98 Å². The zero-order valence-corrected chi connectivity index (χ0v) is 13.6. The summed E-state index contributed by atoms with van der Waals surface area (Å²) in [5.74, 6) is 0.590. The van der Waals surface area contributed by atoms with E-state index in [2.05, 4.69) is 16.0 Å². The SMILES string of the molecule is COC(=O)C1(c2ccccc2)CCN(c2cccc(C#N)n2)CC1. The van der Waals surface area contributed by atoms with E-state index >= 15 is 0 Å². The number of rotatable bonds is 3. The molecular formula is C19H19N3O2. The molecule has 0 unspecified atom stereocenters. The number of benzene rings is 1. The average molecular weight is 321 g/mol. The lowest BCUT2D eigenvalue weighted by molar-refractivity contribution is -0.148. The van der Waals surface area contributed by atoms with Crippen LogP contribution in [0.1, 0.15) is 24.1 Å². The Morgan fingerprint density at radius 2 is 1.88 bits per heavy atom. The number of esters is 1. The minimum Gasteiger partial charge on any atom is -0.468 e. The summed E-state index contributed by atoms with van der Waals surface area (Å²) < 4.78 is 5.11. The topological polar surface area (TPSA) is 66.2 Å². The summed E-state index contributed by atoms with van der Waals surface area (Å²) in [6.45, 7) is 1.37. The van der Waals surface area contributed by atoms with Crippen molar-refractivity contribution in [1.29, 1.82) is 5.26 Å². The fourth-order valence-electron chi connectivity index (χ4n) is 3.34. The van der Waals surface area contributed by atoms with Crippen molar-refractivity contribution in [2.24, 2.45) is 0 Å². The highest BCUT2D eigenvalue weighted by molar-refractivity contribution is 5.83. The molecule has 2 heterocycles. The fourth-order valence-corrected chi connectivity index (χ4v) is 3.34. The zero-order valence-electron chi connectivity index (χ0n) is 13.6. The first-order chi connectivity index (χ1) is 11.7. The van der Waals surface area contributed by atoms with E-state index in [1.165, 1.54) is 7.11 Å². The highest BCUT2D eigenvalue weighted by atomic mass is 16.5. The van der Waals surface area contributed by atoms with Gasteiger partial charge in [-0.05, 0) is 30.5 Å². The van der Waals surface area contributed by atoms with Crippen LogP contribution < -0.4 is 4.90 Å². The van der Waals surface area contributed by atoms with Gasteiger partial charge in [-0.1, -0.05) is 36.4 Å². The first-order valence-corrected chi connectivity index (χ1v) is 7.96. The Bertz CT molecular complexity index is 760. The molecular weight excluding hydrogens is 302 g/mol. The van der Waals surface area contributed by atoms with Crippen molar-refractivity contribution >= 4 is 11.8 Å². The smallest absolute Gasteiger partial charge is 0.316 e. The quantitative estimate of drug-likeness (QED) is 0.813. The van der Waals surface area contributed by atoms with Crippen LogP contribution in [0.15, 0.2) is 48.5 Å². The maximum absolute atomic E-state index is 12.5. The van der Waals surface area contributed by atoms with Crippen LogP contribution in [0.2, 0.25) is 0 Å². The van der Waals surface area contributed by atoms with Gasteiger partial charge in [-0.15, -0.1) is 0 Å². The van der Waals surface area contributed by atoms with Crippen LogP contribution in [0.5, 0.6) is 0 Å². The molecule has 0 bridgehead atoms. The van der Waals surface area contributed by atoms with Crippen LogP contribution in [0, 0.1) is 11.3 Å². The number of anilines is 1. The van der Waals surface area contributed by atoms with E-state index in [-0.39, 0.29) is 5.97 Å². The molecule has 24 heavy (non-hydrogen) atoms. The van der Waals surface area contributed by atoms with Crippen LogP contribution in [0.3, 0.4) is 0 Å². The molecule has 1 fully saturated rings. The Kier molecular flexibility index (Phi) is 4.48. The van der Waals surface area contributed by atoms with Crippen molar-refractivity contribution in [2.45, 2.75) is 18.3 Å². The second-order valence-electron chi connectivity index (χ2n) is 5.92. The van der Waals surface area contributed by atoms with E-state index in [9.17, 15) is 4.79 Å². The molecule has 5 nitrogen and oxygen atoms in total. The van der Waals surface area contributed by atoms with Crippen molar-refractivity contribution in [3.8, 4) is 6.07 Å². The average Bonchev–Trinajstić information content (AvgIpc) is 2.68. The van der Waals surface area contributed by atoms with E-state index in [4.69, 9.17) is 10.00 Å². The van der Waals surface area contributed by atoms with Crippen molar-refractivity contribution < 1.29 is 9.53 Å². The number of carbonyl (C=O) groups excluding carboxylic acids is 1. The molecule has 1 aliphatic heterocycles. The van der Waals surface area contributed by atoms with Gasteiger partial charge in [-0.2, -0.15) is 5.26 Å². The lowest BCUT2D eigenvalue weighted by Gasteiger charge is -2.40. The highest BCUT2D eigenvalue weighted by Crippen LogP contribution is 2.37. The molecule has 0 N–H and O–H groups in total. The number of ether oxygens (including phenoxy) is 1. The Morgan fingerprint density at radius 1 is 1.17 bits per heavy atom. The van der Waals surface area contributed by atoms with Crippen LogP contribution in [0.25, 0.3) is 0 Å². The van der Waals surface area contributed by atoms with Gasteiger partial charge in [-0.25, -0.2) is 4.98 Å². The molecule has 122 valence electrons. The Morgan fingerprint density at radius 3 is 2.50 bits per heavy atom. The lowest BCUT2D eigenvalue weighted by atomic mass is 9.72. The van der Waals surface area contributed by atoms with E-state index in [1.54, 1.807) is 6.07 Å². The number of hydrogen-bond donors (Lipinski definition) is 0. The normalized spacial score (nSPS) is 16.2. The molecule has 0 amide bonds. The van der Waals surface area contributed by atoms with Crippen LogP contribution in [0.4, 0.5) is 5.82 Å². The Hall–Kier alpha value is -2.87. The molecule has 1 aromatic carbocycles. The standard InChI is InChI=1S/C19H19N3O2/c1-24-18(23)19(15-6-3-2-4-7-15)10-12-22(13-11-19)17-9-5-8-16(14-20)21-17/h2-9H,10-13H2,1H3. The van der Waals surface area contributed by atoms with Gasteiger partial charge < -0.3 is 9.64 Å². The maximum atomic E-state index is 12.5. The number of hydrogen-bond acceptors (Lipinski definition) is 5. The molecule has 3 rings (SSSR count). The number of piperidine rings is 1. The maximum Gasteiger partial charge on any atom is 0.316 e. The third-order valence-corrected chi connectivity index (χ3v) is 4.69. The minimum atomic E-state index is -0.612. The van der Waals surface area contributed by atoms with Crippen molar-refractivity contribution in [3.63, 3.8) is 0 Å². The molecule has 2 aromatic rings. The summed E-state index contributed by atoms with van der Waals surface area (Å²) >= 11 is 0. The molecule has 0 spiro atoms. The van der Waals surface area contributed by atoms with Gasteiger partial charge in [0, 0.05) is 13.1 Å². The van der Waals surface area contributed by atoms with Crippen LogP contribution in [-0.2, 0) is 14.9 Å². The summed E-state index contributed by atoms with van der Waals surface area (Å²) in [6, 6.07) is 17.3. The molecule has 0 radical (unpaired) electrons. The fraction of sp³-hybridized carbons (Fsp3) is 0.316. The minimum absolute atomic E-state index is 0.188. The lowest BCUT2D eigenvalue weighted by Crippen LogP contribution is -2.48. The third kappa shape index (κ3) is 2.83. The van der Waals surface area contributed by atoms with E-state index in [0.717, 1.165) is 11.4 Å². The van der Waals surface area contributed by atoms with Crippen molar-refractivity contribution in [3.05, 3.63) is 59.8 Å². The second-order valence-corrected chi connectivity index (χ2v) is 5.92. The molecule has 1 aliphatic rings. The molecule has 0 atom stereocenters. The van der Waals surface area contributed by atoms with Gasteiger partial charge in [0.05, 0.1) is 12.5 Å². The molecule has 5 heteroatoms. The zero-order chi connectivity index (χ0) is 17.0. The van der Waals surface area contributed by atoms with Crippen LogP contribution >= 0.6 is 0 Å². The summed E-state index contributed by atoms with van der Waals surface area (Å²) in [7, 11) is 1.44. The van der Waals surface area contributed by atoms with E-state index < -0.39 is 5.41 Å². The first kappa shape index (κ1) is 16.0. The third-order valence-electron chi connectivity index (χ3n) is 4.69.